The van der Waals surface area contributed by atoms with Crippen molar-refractivity contribution in [1.29, 1.82) is 0 Å². The van der Waals surface area contributed by atoms with E-state index in [4.69, 9.17) is 5.11 Å². The number of aliphatic hydroxyl groups excluding tert-OH is 1. The standard InChI is InChI=1S/C10H8F2O/c1-7(13)2-3-8-4-5-9(11)10(12)6-8/h4-7,13H,1H3. The second-order valence-corrected chi connectivity index (χ2v) is 2.57. The lowest BCUT2D eigenvalue weighted by molar-refractivity contribution is 0.253. The molecule has 13 heavy (non-hydrogen) atoms. The van der Waals surface area contributed by atoms with E-state index in [0.29, 0.717) is 5.56 Å². The Morgan fingerprint density at radius 3 is 2.54 bits per heavy atom. The normalized spacial score (nSPS) is 11.7. The lowest BCUT2D eigenvalue weighted by Gasteiger charge is -1.93. The third-order valence-electron chi connectivity index (χ3n) is 1.34. The largest absolute Gasteiger partial charge is 0.381 e. The highest BCUT2D eigenvalue weighted by Crippen LogP contribution is 2.07. The Hall–Kier alpha value is -1.40. The Morgan fingerprint density at radius 2 is 2.00 bits per heavy atom. The van der Waals surface area contributed by atoms with Crippen molar-refractivity contribution in [3.63, 3.8) is 0 Å². The molecule has 0 saturated carbocycles. The van der Waals surface area contributed by atoms with Crippen LogP contribution in [0.25, 0.3) is 0 Å². The zero-order valence-electron chi connectivity index (χ0n) is 7.01. The average Bonchev–Trinajstić information content (AvgIpc) is 2.07. The molecule has 1 atom stereocenters. The molecule has 0 saturated heterocycles. The van der Waals surface area contributed by atoms with Gasteiger partial charge in [-0.2, -0.15) is 0 Å². The SMILES string of the molecule is CC(O)C#Cc1ccc(F)c(F)c1. The van der Waals surface area contributed by atoms with Crippen molar-refractivity contribution >= 4 is 0 Å². The summed E-state index contributed by atoms with van der Waals surface area (Å²) < 4.78 is 25.0. The Kier molecular flexibility index (Phi) is 2.99. The topological polar surface area (TPSA) is 20.2 Å². The minimum atomic E-state index is -0.933. The molecule has 1 unspecified atom stereocenters. The zero-order chi connectivity index (χ0) is 9.84. The molecule has 1 N–H and O–H groups in total. The third-order valence-corrected chi connectivity index (χ3v) is 1.34. The van der Waals surface area contributed by atoms with E-state index in [1.165, 1.54) is 13.0 Å². The highest BCUT2D eigenvalue weighted by molar-refractivity contribution is 5.35. The molecule has 1 aromatic carbocycles. The predicted octanol–water partition coefficient (Wildman–Crippen LogP) is 1.70. The van der Waals surface area contributed by atoms with E-state index in [-0.39, 0.29) is 0 Å². The van der Waals surface area contributed by atoms with Gasteiger partial charge in [0.05, 0.1) is 0 Å². The van der Waals surface area contributed by atoms with Gasteiger partial charge in [-0.25, -0.2) is 8.78 Å². The number of hydrogen-bond donors (Lipinski definition) is 1. The van der Waals surface area contributed by atoms with Crippen LogP contribution in [0, 0.1) is 23.5 Å². The van der Waals surface area contributed by atoms with Gasteiger partial charge in [0.15, 0.2) is 11.6 Å². The molecule has 0 aliphatic heterocycles. The lowest BCUT2D eigenvalue weighted by atomic mass is 10.2. The molecule has 0 radical (unpaired) electrons. The Labute approximate surface area is 75.0 Å². The number of rotatable bonds is 0. The molecule has 0 heterocycles. The van der Waals surface area contributed by atoms with Crippen LogP contribution in [0.4, 0.5) is 8.78 Å². The van der Waals surface area contributed by atoms with Gasteiger partial charge in [0.1, 0.15) is 6.10 Å². The van der Waals surface area contributed by atoms with Crippen molar-refractivity contribution in [2.75, 3.05) is 0 Å². The summed E-state index contributed by atoms with van der Waals surface area (Å²) in [4.78, 5) is 0. The zero-order valence-corrected chi connectivity index (χ0v) is 7.01. The van der Waals surface area contributed by atoms with Gasteiger partial charge in [0.2, 0.25) is 0 Å². The van der Waals surface area contributed by atoms with Gasteiger partial charge < -0.3 is 5.11 Å². The summed E-state index contributed by atoms with van der Waals surface area (Å²) >= 11 is 0. The molecule has 0 aliphatic carbocycles. The molecular weight excluding hydrogens is 174 g/mol. The Balaban J connectivity index is 2.94. The van der Waals surface area contributed by atoms with Gasteiger partial charge in [-0.15, -0.1) is 0 Å². The minimum Gasteiger partial charge on any atom is -0.381 e. The predicted molar refractivity (Wildman–Crippen MR) is 44.9 cm³/mol. The van der Waals surface area contributed by atoms with Crippen LogP contribution < -0.4 is 0 Å². The molecule has 0 bridgehead atoms. The van der Waals surface area contributed by atoms with Gasteiger partial charge in [-0.05, 0) is 25.1 Å². The summed E-state index contributed by atoms with van der Waals surface area (Å²) in [6, 6.07) is 3.35. The van der Waals surface area contributed by atoms with Crippen LogP contribution in [-0.2, 0) is 0 Å². The summed E-state index contributed by atoms with van der Waals surface area (Å²) in [7, 11) is 0. The maximum atomic E-state index is 12.6. The number of hydrogen-bond acceptors (Lipinski definition) is 1. The minimum absolute atomic E-state index is 0.347. The molecule has 68 valence electrons. The van der Waals surface area contributed by atoms with E-state index in [0.717, 1.165) is 12.1 Å². The van der Waals surface area contributed by atoms with Crippen LogP contribution in [0.1, 0.15) is 12.5 Å². The number of benzene rings is 1. The van der Waals surface area contributed by atoms with Gasteiger partial charge >= 0.3 is 0 Å². The molecular formula is C10H8F2O. The molecule has 1 rings (SSSR count). The van der Waals surface area contributed by atoms with Crippen LogP contribution >= 0.6 is 0 Å². The number of aliphatic hydroxyl groups is 1. The average molecular weight is 182 g/mol. The van der Waals surface area contributed by atoms with Gasteiger partial charge in [-0.3, -0.25) is 0 Å². The van der Waals surface area contributed by atoms with Crippen molar-refractivity contribution in [3.05, 3.63) is 35.4 Å². The van der Waals surface area contributed by atoms with E-state index in [9.17, 15) is 8.78 Å². The monoisotopic (exact) mass is 182 g/mol. The van der Waals surface area contributed by atoms with E-state index in [1.54, 1.807) is 0 Å². The van der Waals surface area contributed by atoms with Gasteiger partial charge in [-0.1, -0.05) is 11.8 Å². The van der Waals surface area contributed by atoms with Crippen LogP contribution in [-0.4, -0.2) is 11.2 Å². The Bertz CT molecular complexity index is 361. The Morgan fingerprint density at radius 1 is 1.31 bits per heavy atom. The van der Waals surface area contributed by atoms with Crippen LogP contribution in [0.3, 0.4) is 0 Å². The first kappa shape index (κ1) is 9.69. The van der Waals surface area contributed by atoms with Crippen LogP contribution in [0.2, 0.25) is 0 Å². The first-order valence-corrected chi connectivity index (χ1v) is 3.74. The van der Waals surface area contributed by atoms with Crippen molar-refractivity contribution in [2.45, 2.75) is 13.0 Å². The maximum Gasteiger partial charge on any atom is 0.160 e. The van der Waals surface area contributed by atoms with Crippen molar-refractivity contribution in [3.8, 4) is 11.8 Å². The first-order valence-electron chi connectivity index (χ1n) is 3.74. The number of halogens is 2. The summed E-state index contributed by atoms with van der Waals surface area (Å²) in [5.74, 6) is 3.10. The lowest BCUT2D eigenvalue weighted by Crippen LogP contribution is -1.93. The van der Waals surface area contributed by atoms with E-state index in [1.807, 2.05) is 0 Å². The quantitative estimate of drug-likeness (QED) is 0.605. The summed E-state index contributed by atoms with van der Waals surface area (Å²) in [5, 5.41) is 8.80. The smallest absolute Gasteiger partial charge is 0.160 e. The van der Waals surface area contributed by atoms with Gasteiger partial charge in [0.25, 0.3) is 0 Å². The fourth-order valence-electron chi connectivity index (χ4n) is 0.762. The molecule has 0 amide bonds. The fourth-order valence-corrected chi connectivity index (χ4v) is 0.762. The summed E-state index contributed by atoms with van der Waals surface area (Å²) in [6.45, 7) is 1.49. The second kappa shape index (κ2) is 4.01. The maximum absolute atomic E-state index is 12.6. The molecule has 0 aromatic heterocycles. The van der Waals surface area contributed by atoms with Crippen molar-refractivity contribution < 1.29 is 13.9 Å². The van der Waals surface area contributed by atoms with Gasteiger partial charge in [0, 0.05) is 5.56 Å². The van der Waals surface area contributed by atoms with Crippen LogP contribution in [0.5, 0.6) is 0 Å². The molecule has 0 fully saturated rings. The third kappa shape index (κ3) is 2.85. The van der Waals surface area contributed by atoms with Crippen molar-refractivity contribution in [2.24, 2.45) is 0 Å². The first-order chi connectivity index (χ1) is 6.09. The highest BCUT2D eigenvalue weighted by Gasteiger charge is 1.99. The molecule has 0 spiro atoms. The molecule has 3 heteroatoms. The molecule has 1 nitrogen and oxygen atoms in total. The second-order valence-electron chi connectivity index (χ2n) is 2.57. The molecule has 1 aromatic rings. The van der Waals surface area contributed by atoms with Crippen molar-refractivity contribution in [1.82, 2.24) is 0 Å². The summed E-state index contributed by atoms with van der Waals surface area (Å²) in [6.07, 6.45) is -0.770. The summed E-state index contributed by atoms with van der Waals surface area (Å²) in [5.41, 5.74) is 0.347. The molecule has 0 aliphatic rings. The van der Waals surface area contributed by atoms with Crippen LogP contribution in [0.15, 0.2) is 18.2 Å². The van der Waals surface area contributed by atoms with E-state index in [2.05, 4.69) is 11.8 Å². The highest BCUT2D eigenvalue weighted by atomic mass is 19.2. The fraction of sp³-hybridized carbons (Fsp3) is 0.200. The van der Waals surface area contributed by atoms with E-state index >= 15 is 0 Å². The van der Waals surface area contributed by atoms with E-state index < -0.39 is 17.7 Å².